The topological polar surface area (TPSA) is 70.0 Å². The highest BCUT2D eigenvalue weighted by molar-refractivity contribution is 6.43. The Morgan fingerprint density at radius 1 is 1.09 bits per heavy atom. The number of ketones is 1. The van der Waals surface area contributed by atoms with Crippen molar-refractivity contribution >= 4 is 17.4 Å². The third kappa shape index (κ3) is 3.39. The first-order valence-electron chi connectivity index (χ1n) is 6.90. The van der Waals surface area contributed by atoms with Crippen LogP contribution in [0, 0.1) is 25.2 Å². The number of nitrogens with one attached hydrogen (secondary N) is 1. The maximum Gasteiger partial charge on any atom is 0.293 e. The van der Waals surface area contributed by atoms with E-state index in [1.54, 1.807) is 36.4 Å². The predicted octanol–water partition coefficient (Wildman–Crippen LogP) is 3.12. The third-order valence-corrected chi connectivity index (χ3v) is 3.39. The highest BCUT2D eigenvalue weighted by atomic mass is 16.2. The molecule has 0 radical (unpaired) electrons. The van der Waals surface area contributed by atoms with E-state index in [4.69, 9.17) is 0 Å². The predicted molar refractivity (Wildman–Crippen MR) is 84.3 cm³/mol. The summed E-state index contributed by atoms with van der Waals surface area (Å²) in [5.74, 6) is -2.62. The number of amides is 1. The molecule has 2 aromatic carbocycles. The number of anilines is 1. The normalized spacial score (nSPS) is 11.3. The van der Waals surface area contributed by atoms with Crippen molar-refractivity contribution in [3.63, 3.8) is 0 Å². The van der Waals surface area contributed by atoms with Crippen LogP contribution >= 0.6 is 0 Å². The summed E-state index contributed by atoms with van der Waals surface area (Å²) in [6, 6.07) is 16.1. The van der Waals surface area contributed by atoms with E-state index in [1.165, 1.54) is 0 Å². The highest BCUT2D eigenvalue weighted by Gasteiger charge is 2.27. The second-order valence-corrected chi connectivity index (χ2v) is 5.11. The minimum absolute atomic E-state index is 0.520. The molecule has 1 N–H and O–H groups in total. The molecule has 4 nitrogen and oxygen atoms in total. The van der Waals surface area contributed by atoms with Crippen molar-refractivity contribution in [2.45, 2.75) is 19.8 Å². The van der Waals surface area contributed by atoms with Crippen molar-refractivity contribution < 1.29 is 9.59 Å². The van der Waals surface area contributed by atoms with Crippen LogP contribution < -0.4 is 5.32 Å². The van der Waals surface area contributed by atoms with Crippen molar-refractivity contribution in [1.29, 1.82) is 5.26 Å². The summed E-state index contributed by atoms with van der Waals surface area (Å²) in [6.07, 6.45) is 0. The largest absolute Gasteiger partial charge is 0.319 e. The molecule has 2 rings (SSSR count). The van der Waals surface area contributed by atoms with Gasteiger partial charge in [0.15, 0.2) is 0 Å². The Kier molecular flexibility index (Phi) is 4.70. The number of hydrogen-bond acceptors (Lipinski definition) is 3. The average Bonchev–Trinajstić information content (AvgIpc) is 2.52. The number of hydrogen-bond donors (Lipinski definition) is 1. The number of benzene rings is 2. The Morgan fingerprint density at radius 2 is 1.77 bits per heavy atom. The molecule has 0 aromatic heterocycles. The Hall–Kier alpha value is -2.93. The zero-order valence-corrected chi connectivity index (χ0v) is 12.5. The van der Waals surface area contributed by atoms with Gasteiger partial charge in [0.2, 0.25) is 5.78 Å². The van der Waals surface area contributed by atoms with Gasteiger partial charge in [-0.2, -0.15) is 5.26 Å². The zero-order chi connectivity index (χ0) is 16.1. The second-order valence-electron chi connectivity index (χ2n) is 5.11. The molecular formula is C18H16N2O2. The lowest BCUT2D eigenvalue weighted by molar-refractivity contribution is -0.135. The van der Waals surface area contributed by atoms with Gasteiger partial charge in [0.1, 0.15) is 5.92 Å². The van der Waals surface area contributed by atoms with E-state index in [-0.39, 0.29) is 0 Å². The van der Waals surface area contributed by atoms with Gasteiger partial charge in [-0.05, 0) is 36.6 Å². The lowest BCUT2D eigenvalue weighted by Crippen LogP contribution is -2.28. The molecule has 0 spiro atoms. The summed E-state index contributed by atoms with van der Waals surface area (Å²) in [5.41, 5.74) is 2.95. The minimum atomic E-state index is -1.09. The monoisotopic (exact) mass is 292 g/mol. The smallest absolute Gasteiger partial charge is 0.293 e. The van der Waals surface area contributed by atoms with Gasteiger partial charge in [-0.3, -0.25) is 9.59 Å². The Balaban J connectivity index is 2.20. The van der Waals surface area contributed by atoms with Gasteiger partial charge in [0.25, 0.3) is 5.91 Å². The van der Waals surface area contributed by atoms with Crippen molar-refractivity contribution in [2.24, 2.45) is 0 Å². The van der Waals surface area contributed by atoms with Crippen molar-refractivity contribution in [1.82, 2.24) is 0 Å². The molecule has 1 atom stereocenters. The van der Waals surface area contributed by atoms with E-state index in [0.29, 0.717) is 11.3 Å². The fourth-order valence-electron chi connectivity index (χ4n) is 2.12. The van der Waals surface area contributed by atoms with E-state index in [0.717, 1.165) is 11.1 Å². The molecule has 22 heavy (non-hydrogen) atoms. The average molecular weight is 292 g/mol. The number of carbonyl (C=O) groups is 2. The van der Waals surface area contributed by atoms with Crippen molar-refractivity contribution in [3.05, 3.63) is 65.2 Å². The Bertz CT molecular complexity index is 745. The number of nitrogens with zero attached hydrogens (tertiary/aromatic N) is 1. The lowest BCUT2D eigenvalue weighted by atomic mass is 9.95. The maximum atomic E-state index is 12.2. The van der Waals surface area contributed by atoms with E-state index in [1.807, 2.05) is 32.0 Å². The first-order valence-corrected chi connectivity index (χ1v) is 6.90. The molecule has 110 valence electrons. The van der Waals surface area contributed by atoms with E-state index >= 15 is 0 Å². The summed E-state index contributed by atoms with van der Waals surface area (Å²) in [4.78, 5) is 24.4. The second kappa shape index (κ2) is 6.68. The van der Waals surface area contributed by atoms with Gasteiger partial charge in [0, 0.05) is 5.69 Å². The molecule has 0 aliphatic rings. The first kappa shape index (κ1) is 15.5. The fraction of sp³-hybridized carbons (Fsp3) is 0.167. The molecule has 0 aliphatic carbocycles. The van der Waals surface area contributed by atoms with Gasteiger partial charge in [0.05, 0.1) is 6.07 Å². The molecule has 1 amide bonds. The number of aryl methyl sites for hydroxylation is 2. The summed E-state index contributed by atoms with van der Waals surface area (Å²) in [6.45, 7) is 3.75. The van der Waals surface area contributed by atoms with E-state index in [2.05, 4.69) is 5.32 Å². The summed E-state index contributed by atoms with van der Waals surface area (Å²) < 4.78 is 0. The van der Waals surface area contributed by atoms with Crippen LogP contribution in [0.25, 0.3) is 0 Å². The molecule has 0 aliphatic heterocycles. The fourth-order valence-corrected chi connectivity index (χ4v) is 2.12. The zero-order valence-electron chi connectivity index (χ0n) is 12.5. The van der Waals surface area contributed by atoms with Crippen LogP contribution in [0.1, 0.15) is 22.6 Å². The van der Waals surface area contributed by atoms with Crippen LogP contribution in [0.4, 0.5) is 5.69 Å². The van der Waals surface area contributed by atoms with Gasteiger partial charge >= 0.3 is 0 Å². The van der Waals surface area contributed by atoms with E-state index in [9.17, 15) is 14.9 Å². The maximum absolute atomic E-state index is 12.2. The number of rotatable bonds is 4. The summed E-state index contributed by atoms with van der Waals surface area (Å²) in [5, 5.41) is 11.8. The van der Waals surface area contributed by atoms with Crippen LogP contribution in [-0.2, 0) is 9.59 Å². The Morgan fingerprint density at radius 3 is 2.41 bits per heavy atom. The van der Waals surface area contributed by atoms with Crippen molar-refractivity contribution in [2.75, 3.05) is 5.32 Å². The quantitative estimate of drug-likeness (QED) is 0.880. The SMILES string of the molecule is Cc1ccc(C)c(NC(=O)C(=O)[C@H](C#N)c2ccccc2)c1. The molecule has 0 heterocycles. The van der Waals surface area contributed by atoms with Gasteiger partial charge < -0.3 is 5.32 Å². The molecular weight excluding hydrogens is 276 g/mol. The van der Waals surface area contributed by atoms with Crippen molar-refractivity contribution in [3.8, 4) is 6.07 Å². The highest BCUT2D eigenvalue weighted by Crippen LogP contribution is 2.19. The van der Waals surface area contributed by atoms with Crippen LogP contribution in [0.15, 0.2) is 48.5 Å². The van der Waals surface area contributed by atoms with Gasteiger partial charge in [-0.1, -0.05) is 42.5 Å². The molecule has 0 saturated heterocycles. The molecule has 4 heteroatoms. The van der Waals surface area contributed by atoms with E-state index < -0.39 is 17.6 Å². The molecule has 0 bridgehead atoms. The number of carbonyl (C=O) groups excluding carboxylic acids is 2. The first-order chi connectivity index (χ1) is 10.5. The van der Waals surface area contributed by atoms with Gasteiger partial charge in [-0.15, -0.1) is 0 Å². The number of nitriles is 1. The van der Waals surface area contributed by atoms with Crippen LogP contribution in [0.5, 0.6) is 0 Å². The Labute approximate surface area is 129 Å². The molecule has 0 saturated carbocycles. The molecule has 0 fully saturated rings. The number of Topliss-reactive ketones (excluding diaryl/α,β-unsaturated/α-hetero) is 1. The lowest BCUT2D eigenvalue weighted by Gasteiger charge is -2.11. The molecule has 2 aromatic rings. The van der Waals surface area contributed by atoms with Crippen LogP contribution in [-0.4, -0.2) is 11.7 Å². The summed E-state index contributed by atoms with van der Waals surface area (Å²) in [7, 11) is 0. The molecule has 0 unspecified atom stereocenters. The van der Waals surface area contributed by atoms with Crippen LogP contribution in [0.3, 0.4) is 0 Å². The van der Waals surface area contributed by atoms with Crippen LogP contribution in [0.2, 0.25) is 0 Å². The summed E-state index contributed by atoms with van der Waals surface area (Å²) >= 11 is 0. The minimum Gasteiger partial charge on any atom is -0.319 e. The van der Waals surface area contributed by atoms with Gasteiger partial charge in [-0.25, -0.2) is 0 Å². The standard InChI is InChI=1S/C18H16N2O2/c1-12-8-9-13(2)16(10-12)20-18(22)17(21)15(11-19)14-6-4-3-5-7-14/h3-10,15H,1-2H3,(H,20,22)/t15-/m1/s1. The third-order valence-electron chi connectivity index (χ3n) is 3.39.